The Hall–Kier alpha value is -0.410. The number of aldehydes is 1. The highest BCUT2D eigenvalue weighted by atomic mass is 16.7. The number of hydrogen-bond acceptors (Lipinski definition) is 3. The van der Waals surface area contributed by atoms with Crippen LogP contribution in [0.5, 0.6) is 0 Å². The summed E-state index contributed by atoms with van der Waals surface area (Å²) >= 11 is 0. The molecule has 2 aliphatic rings. The fraction of sp³-hybridized carbons (Fsp3) is 0.923. The minimum absolute atomic E-state index is 0.379. The molecule has 92 valence electrons. The van der Waals surface area contributed by atoms with Gasteiger partial charge >= 0.3 is 0 Å². The smallest absolute Gasteiger partial charge is 0.162 e. The van der Waals surface area contributed by atoms with Crippen molar-refractivity contribution in [2.24, 2.45) is 11.3 Å². The first-order valence-corrected chi connectivity index (χ1v) is 6.32. The van der Waals surface area contributed by atoms with Gasteiger partial charge in [-0.1, -0.05) is 19.3 Å². The Labute approximate surface area is 97.5 Å². The Morgan fingerprint density at radius 3 is 2.12 bits per heavy atom. The van der Waals surface area contributed by atoms with Crippen LogP contribution in [-0.4, -0.2) is 25.3 Å². The first-order valence-electron chi connectivity index (χ1n) is 6.32. The van der Waals surface area contributed by atoms with Gasteiger partial charge in [-0.3, -0.25) is 0 Å². The molecule has 16 heavy (non-hydrogen) atoms. The van der Waals surface area contributed by atoms with Crippen LogP contribution in [0.25, 0.3) is 0 Å². The van der Waals surface area contributed by atoms with E-state index in [2.05, 4.69) is 0 Å². The normalized spacial score (nSPS) is 29.9. The molecule has 2 rings (SSSR count). The fourth-order valence-corrected chi connectivity index (χ4v) is 2.78. The molecule has 0 amide bonds. The highest BCUT2D eigenvalue weighted by Gasteiger charge is 2.45. The van der Waals surface area contributed by atoms with Gasteiger partial charge in [-0.05, 0) is 32.6 Å². The van der Waals surface area contributed by atoms with Crippen LogP contribution in [0.1, 0.15) is 46.0 Å². The molecule has 0 spiro atoms. The van der Waals surface area contributed by atoms with Gasteiger partial charge in [0.15, 0.2) is 5.79 Å². The average molecular weight is 226 g/mol. The summed E-state index contributed by atoms with van der Waals surface area (Å²) < 4.78 is 11.3. The molecule has 0 atom stereocenters. The van der Waals surface area contributed by atoms with Crippen molar-refractivity contribution >= 4 is 6.29 Å². The van der Waals surface area contributed by atoms with Crippen molar-refractivity contribution in [3.8, 4) is 0 Å². The Bertz CT molecular complexity index is 244. The lowest BCUT2D eigenvalue weighted by molar-refractivity contribution is -0.286. The number of carbonyl (C=O) groups is 1. The van der Waals surface area contributed by atoms with E-state index in [0.717, 1.165) is 19.1 Å². The Balaban J connectivity index is 2.05. The molecule has 1 aliphatic carbocycles. The second-order valence-electron chi connectivity index (χ2n) is 5.66. The third-order valence-corrected chi connectivity index (χ3v) is 4.03. The van der Waals surface area contributed by atoms with Crippen LogP contribution in [0.15, 0.2) is 0 Å². The maximum absolute atomic E-state index is 11.4. The summed E-state index contributed by atoms with van der Waals surface area (Å²) in [4.78, 5) is 11.4. The number of carbonyl (C=O) groups excluding carboxylic acids is 1. The van der Waals surface area contributed by atoms with E-state index in [-0.39, 0.29) is 5.41 Å². The second-order valence-corrected chi connectivity index (χ2v) is 5.66. The lowest BCUT2D eigenvalue weighted by Crippen LogP contribution is -2.51. The molecule has 2 fully saturated rings. The summed E-state index contributed by atoms with van der Waals surface area (Å²) in [5, 5.41) is 0. The van der Waals surface area contributed by atoms with E-state index in [9.17, 15) is 4.79 Å². The Morgan fingerprint density at radius 2 is 1.62 bits per heavy atom. The highest BCUT2D eigenvalue weighted by Crippen LogP contribution is 2.41. The van der Waals surface area contributed by atoms with Crippen LogP contribution in [0.4, 0.5) is 0 Å². The zero-order valence-corrected chi connectivity index (χ0v) is 10.3. The van der Waals surface area contributed by atoms with Crippen LogP contribution in [0.2, 0.25) is 0 Å². The van der Waals surface area contributed by atoms with Gasteiger partial charge in [0.25, 0.3) is 0 Å². The Kier molecular flexibility index (Phi) is 3.36. The van der Waals surface area contributed by atoms with Gasteiger partial charge in [-0.15, -0.1) is 0 Å². The first kappa shape index (κ1) is 12.1. The predicted octanol–water partition coefficient (Wildman–Crippen LogP) is 2.53. The molecule has 0 N–H and O–H groups in total. The van der Waals surface area contributed by atoms with Gasteiger partial charge < -0.3 is 14.3 Å². The van der Waals surface area contributed by atoms with Crippen molar-refractivity contribution in [2.75, 3.05) is 13.2 Å². The molecule has 0 bridgehead atoms. The molecule has 1 saturated heterocycles. The van der Waals surface area contributed by atoms with E-state index in [0.29, 0.717) is 19.1 Å². The topological polar surface area (TPSA) is 35.5 Å². The summed E-state index contributed by atoms with van der Waals surface area (Å²) in [6, 6.07) is 0. The van der Waals surface area contributed by atoms with E-state index in [1.807, 2.05) is 13.8 Å². The maximum Gasteiger partial charge on any atom is 0.162 e. The molecular formula is C13H22O3. The summed E-state index contributed by atoms with van der Waals surface area (Å²) in [6.07, 6.45) is 7.15. The second kappa shape index (κ2) is 4.46. The average Bonchev–Trinajstić information content (AvgIpc) is 2.31. The van der Waals surface area contributed by atoms with Crippen molar-refractivity contribution in [1.29, 1.82) is 0 Å². The van der Waals surface area contributed by atoms with Gasteiger partial charge in [0, 0.05) is 0 Å². The summed E-state index contributed by atoms with van der Waals surface area (Å²) in [7, 11) is 0. The highest BCUT2D eigenvalue weighted by molar-refractivity contribution is 5.60. The summed E-state index contributed by atoms with van der Waals surface area (Å²) in [6.45, 7) is 4.85. The molecule has 3 nitrogen and oxygen atoms in total. The predicted molar refractivity (Wildman–Crippen MR) is 61.1 cm³/mol. The standard InChI is InChI=1S/C13H22O3/c1-12(2)15-9-13(8-14,10-16-12)11-6-4-3-5-7-11/h8,11H,3-7,9-10H2,1-2H3. The minimum atomic E-state index is -0.527. The van der Waals surface area contributed by atoms with E-state index in [4.69, 9.17) is 9.47 Å². The van der Waals surface area contributed by atoms with Gasteiger partial charge in [0.1, 0.15) is 6.29 Å². The molecule has 0 aromatic rings. The molecule has 1 heterocycles. The maximum atomic E-state index is 11.4. The van der Waals surface area contributed by atoms with E-state index >= 15 is 0 Å². The lowest BCUT2D eigenvalue weighted by Gasteiger charge is -2.45. The van der Waals surface area contributed by atoms with E-state index in [1.165, 1.54) is 19.3 Å². The largest absolute Gasteiger partial charge is 0.349 e. The van der Waals surface area contributed by atoms with E-state index in [1.54, 1.807) is 0 Å². The first-order chi connectivity index (χ1) is 7.58. The summed E-state index contributed by atoms with van der Waals surface area (Å²) in [5.74, 6) is -0.0730. The van der Waals surface area contributed by atoms with Gasteiger partial charge in [0.2, 0.25) is 0 Å². The van der Waals surface area contributed by atoms with Crippen molar-refractivity contribution in [1.82, 2.24) is 0 Å². The number of rotatable bonds is 2. The van der Waals surface area contributed by atoms with Crippen molar-refractivity contribution in [3.63, 3.8) is 0 Å². The molecule has 0 radical (unpaired) electrons. The van der Waals surface area contributed by atoms with Crippen molar-refractivity contribution in [3.05, 3.63) is 0 Å². The van der Waals surface area contributed by atoms with Crippen molar-refractivity contribution < 1.29 is 14.3 Å². The fourth-order valence-electron chi connectivity index (χ4n) is 2.78. The molecule has 1 saturated carbocycles. The quantitative estimate of drug-likeness (QED) is 0.679. The van der Waals surface area contributed by atoms with Crippen LogP contribution in [-0.2, 0) is 14.3 Å². The molecule has 0 unspecified atom stereocenters. The number of ether oxygens (including phenoxy) is 2. The zero-order chi connectivity index (χ0) is 11.6. The van der Waals surface area contributed by atoms with Crippen LogP contribution >= 0.6 is 0 Å². The third-order valence-electron chi connectivity index (χ3n) is 4.03. The van der Waals surface area contributed by atoms with Gasteiger partial charge in [0.05, 0.1) is 18.6 Å². The third kappa shape index (κ3) is 2.30. The van der Waals surface area contributed by atoms with Gasteiger partial charge in [-0.2, -0.15) is 0 Å². The van der Waals surface area contributed by atoms with Crippen LogP contribution < -0.4 is 0 Å². The molecule has 3 heteroatoms. The molecule has 0 aromatic carbocycles. The van der Waals surface area contributed by atoms with Crippen LogP contribution in [0, 0.1) is 11.3 Å². The van der Waals surface area contributed by atoms with Crippen LogP contribution in [0.3, 0.4) is 0 Å². The zero-order valence-electron chi connectivity index (χ0n) is 10.3. The minimum Gasteiger partial charge on any atom is -0.349 e. The SMILES string of the molecule is CC1(C)OCC(C=O)(C2CCCCC2)CO1. The molecule has 0 aromatic heterocycles. The summed E-state index contributed by atoms with van der Waals surface area (Å²) in [5.41, 5.74) is -0.379. The monoisotopic (exact) mass is 226 g/mol. The lowest BCUT2D eigenvalue weighted by atomic mass is 9.70. The van der Waals surface area contributed by atoms with Crippen molar-refractivity contribution in [2.45, 2.75) is 51.7 Å². The number of hydrogen-bond donors (Lipinski definition) is 0. The van der Waals surface area contributed by atoms with Gasteiger partial charge in [-0.25, -0.2) is 0 Å². The molecular weight excluding hydrogens is 204 g/mol. The van der Waals surface area contributed by atoms with E-state index < -0.39 is 5.79 Å². The Morgan fingerprint density at radius 1 is 1.06 bits per heavy atom. The molecule has 1 aliphatic heterocycles.